The van der Waals surface area contributed by atoms with Crippen LogP contribution in [-0.2, 0) is 0 Å². The van der Waals surface area contributed by atoms with Crippen molar-refractivity contribution in [2.45, 2.75) is 46.6 Å². The van der Waals surface area contributed by atoms with Gasteiger partial charge in [-0.3, -0.25) is 0 Å². The van der Waals surface area contributed by atoms with Gasteiger partial charge in [-0.05, 0) is 32.6 Å². The molecule has 0 aliphatic carbocycles. The first-order chi connectivity index (χ1) is 9.08. The third kappa shape index (κ3) is 4.93. The van der Waals surface area contributed by atoms with Gasteiger partial charge in [-0.25, -0.2) is 9.97 Å². The summed E-state index contributed by atoms with van der Waals surface area (Å²) >= 11 is 0. The molecule has 1 aromatic heterocycles. The summed E-state index contributed by atoms with van der Waals surface area (Å²) < 4.78 is 5.41. The van der Waals surface area contributed by atoms with Crippen LogP contribution >= 0.6 is 0 Å². The van der Waals surface area contributed by atoms with Crippen molar-refractivity contribution in [3.63, 3.8) is 0 Å². The molecule has 1 aromatic rings. The Balaban J connectivity index is 2.73. The molecule has 5 nitrogen and oxygen atoms in total. The highest BCUT2D eigenvalue weighted by molar-refractivity contribution is 5.63. The Bertz CT molecular complexity index is 382. The Hall–Kier alpha value is -1.52. The van der Waals surface area contributed by atoms with E-state index in [1.54, 1.807) is 13.4 Å². The summed E-state index contributed by atoms with van der Waals surface area (Å²) in [7, 11) is 1.64. The number of anilines is 2. The normalized spacial score (nSPS) is 12.3. The van der Waals surface area contributed by atoms with E-state index in [1.807, 2.05) is 6.92 Å². The molecular weight excluding hydrogens is 240 g/mol. The molecular formula is C14H26N4O. The lowest BCUT2D eigenvalue weighted by Gasteiger charge is -2.18. The first-order valence-corrected chi connectivity index (χ1v) is 6.97. The fourth-order valence-electron chi connectivity index (χ4n) is 1.85. The predicted molar refractivity (Wildman–Crippen MR) is 79.9 cm³/mol. The van der Waals surface area contributed by atoms with E-state index < -0.39 is 0 Å². The minimum Gasteiger partial charge on any atom is -0.490 e. The van der Waals surface area contributed by atoms with Crippen LogP contribution in [0, 0.1) is 5.92 Å². The van der Waals surface area contributed by atoms with Crippen molar-refractivity contribution in [1.29, 1.82) is 0 Å². The number of methoxy groups -OCH3 is 1. The topological polar surface area (TPSA) is 59.1 Å². The summed E-state index contributed by atoms with van der Waals surface area (Å²) in [5.74, 6) is 2.89. The largest absolute Gasteiger partial charge is 0.490 e. The lowest BCUT2D eigenvalue weighted by atomic mass is 10.0. The van der Waals surface area contributed by atoms with Gasteiger partial charge in [-0.15, -0.1) is 0 Å². The van der Waals surface area contributed by atoms with Gasteiger partial charge < -0.3 is 15.4 Å². The van der Waals surface area contributed by atoms with E-state index >= 15 is 0 Å². The van der Waals surface area contributed by atoms with Gasteiger partial charge in [0.15, 0.2) is 11.6 Å². The molecule has 19 heavy (non-hydrogen) atoms. The number of hydrogen-bond acceptors (Lipinski definition) is 5. The summed E-state index contributed by atoms with van der Waals surface area (Å²) in [6.45, 7) is 9.47. The monoisotopic (exact) mass is 266 g/mol. The Morgan fingerprint density at radius 1 is 1.16 bits per heavy atom. The molecule has 0 aromatic carbocycles. The third-order valence-electron chi connectivity index (χ3n) is 2.91. The summed E-state index contributed by atoms with van der Waals surface area (Å²) in [6, 6.07) is 0.362. The van der Waals surface area contributed by atoms with Gasteiger partial charge in [0.1, 0.15) is 6.33 Å². The maximum Gasteiger partial charge on any atom is 0.204 e. The van der Waals surface area contributed by atoms with Gasteiger partial charge in [-0.2, -0.15) is 0 Å². The van der Waals surface area contributed by atoms with Gasteiger partial charge in [-0.1, -0.05) is 13.8 Å². The molecule has 108 valence electrons. The molecule has 0 radical (unpaired) electrons. The van der Waals surface area contributed by atoms with E-state index in [2.05, 4.69) is 41.4 Å². The standard InChI is InChI=1S/C14H26N4O/c1-6-15-13-12(19-5)14(17-9-16-13)18-11(4)8-7-10(2)3/h9-11H,6-8H2,1-5H3,(H2,15,16,17,18). The van der Waals surface area contributed by atoms with E-state index in [0.717, 1.165) is 24.6 Å². The predicted octanol–water partition coefficient (Wildman–Crippen LogP) is 3.15. The van der Waals surface area contributed by atoms with Crippen LogP contribution in [0.3, 0.4) is 0 Å². The summed E-state index contributed by atoms with van der Waals surface area (Å²) in [4.78, 5) is 8.47. The number of rotatable bonds is 8. The first kappa shape index (κ1) is 15.5. The second-order valence-electron chi connectivity index (χ2n) is 5.15. The van der Waals surface area contributed by atoms with E-state index in [9.17, 15) is 0 Å². The van der Waals surface area contributed by atoms with E-state index in [1.165, 1.54) is 6.42 Å². The van der Waals surface area contributed by atoms with Crippen LogP contribution < -0.4 is 15.4 Å². The molecule has 5 heteroatoms. The number of aromatic nitrogens is 2. The van der Waals surface area contributed by atoms with Gasteiger partial charge in [0.25, 0.3) is 0 Å². The van der Waals surface area contributed by atoms with Crippen LogP contribution in [-0.4, -0.2) is 29.7 Å². The summed E-state index contributed by atoms with van der Waals surface area (Å²) in [5.41, 5.74) is 0. The molecule has 0 spiro atoms. The Morgan fingerprint density at radius 3 is 2.42 bits per heavy atom. The van der Waals surface area contributed by atoms with Crippen molar-refractivity contribution in [3.8, 4) is 5.75 Å². The maximum atomic E-state index is 5.41. The molecule has 0 aliphatic heterocycles. The molecule has 2 N–H and O–H groups in total. The molecule has 1 unspecified atom stereocenters. The van der Waals surface area contributed by atoms with Crippen LogP contribution in [0.15, 0.2) is 6.33 Å². The second-order valence-corrected chi connectivity index (χ2v) is 5.15. The van der Waals surface area contributed by atoms with Gasteiger partial charge in [0, 0.05) is 12.6 Å². The van der Waals surface area contributed by atoms with Crippen molar-refractivity contribution >= 4 is 11.6 Å². The SMILES string of the molecule is CCNc1ncnc(NC(C)CCC(C)C)c1OC. The van der Waals surface area contributed by atoms with Crippen molar-refractivity contribution in [2.75, 3.05) is 24.3 Å². The van der Waals surface area contributed by atoms with Gasteiger partial charge in [0.05, 0.1) is 7.11 Å². The van der Waals surface area contributed by atoms with Gasteiger partial charge in [0.2, 0.25) is 5.75 Å². The highest BCUT2D eigenvalue weighted by Gasteiger charge is 2.13. The van der Waals surface area contributed by atoms with Crippen LogP contribution in [0.2, 0.25) is 0 Å². The van der Waals surface area contributed by atoms with Crippen molar-refractivity contribution < 1.29 is 4.74 Å². The van der Waals surface area contributed by atoms with E-state index in [4.69, 9.17) is 4.74 Å². The molecule has 0 saturated heterocycles. The smallest absolute Gasteiger partial charge is 0.204 e. The lowest BCUT2D eigenvalue weighted by Crippen LogP contribution is -2.18. The van der Waals surface area contributed by atoms with Crippen molar-refractivity contribution in [2.24, 2.45) is 5.92 Å². The zero-order valence-electron chi connectivity index (χ0n) is 12.7. The summed E-state index contributed by atoms with van der Waals surface area (Å²) in [6.07, 6.45) is 3.86. The first-order valence-electron chi connectivity index (χ1n) is 6.97. The van der Waals surface area contributed by atoms with Crippen molar-refractivity contribution in [3.05, 3.63) is 6.33 Å². The van der Waals surface area contributed by atoms with Crippen LogP contribution in [0.5, 0.6) is 5.75 Å². The fourth-order valence-corrected chi connectivity index (χ4v) is 1.85. The average Bonchev–Trinajstić information content (AvgIpc) is 2.37. The minimum atomic E-state index is 0.362. The molecule has 1 heterocycles. The van der Waals surface area contributed by atoms with Crippen molar-refractivity contribution in [1.82, 2.24) is 9.97 Å². The maximum absolute atomic E-state index is 5.41. The number of hydrogen-bond donors (Lipinski definition) is 2. The molecule has 0 saturated carbocycles. The highest BCUT2D eigenvalue weighted by atomic mass is 16.5. The zero-order chi connectivity index (χ0) is 14.3. The summed E-state index contributed by atoms with van der Waals surface area (Å²) in [5, 5.41) is 6.57. The lowest BCUT2D eigenvalue weighted by molar-refractivity contribution is 0.413. The van der Waals surface area contributed by atoms with Gasteiger partial charge >= 0.3 is 0 Å². The Morgan fingerprint density at radius 2 is 1.84 bits per heavy atom. The molecule has 0 fully saturated rings. The number of nitrogens with one attached hydrogen (secondary N) is 2. The van der Waals surface area contributed by atoms with E-state index in [-0.39, 0.29) is 0 Å². The molecule has 0 amide bonds. The second kappa shape index (κ2) is 7.81. The zero-order valence-corrected chi connectivity index (χ0v) is 12.7. The Labute approximate surface area is 116 Å². The molecule has 1 atom stereocenters. The molecule has 0 bridgehead atoms. The molecule has 1 rings (SSSR count). The van der Waals surface area contributed by atoms with Crippen LogP contribution in [0.4, 0.5) is 11.6 Å². The quantitative estimate of drug-likeness (QED) is 0.757. The fraction of sp³-hybridized carbons (Fsp3) is 0.714. The average molecular weight is 266 g/mol. The highest BCUT2D eigenvalue weighted by Crippen LogP contribution is 2.29. The van der Waals surface area contributed by atoms with Crippen LogP contribution in [0.1, 0.15) is 40.5 Å². The number of ether oxygens (including phenoxy) is 1. The third-order valence-corrected chi connectivity index (χ3v) is 2.91. The Kier molecular flexibility index (Phi) is 6.39. The van der Waals surface area contributed by atoms with Crippen LogP contribution in [0.25, 0.3) is 0 Å². The van der Waals surface area contributed by atoms with E-state index in [0.29, 0.717) is 17.7 Å². The minimum absolute atomic E-state index is 0.362. The molecule has 0 aliphatic rings. The number of nitrogens with zero attached hydrogens (tertiary/aromatic N) is 2.